The van der Waals surface area contributed by atoms with Gasteiger partial charge in [0.1, 0.15) is 6.26 Å². The number of hydrogen-bond acceptors (Lipinski definition) is 5. The number of carbonyl (C=O) groups excluding carboxylic acids is 1. The van der Waals surface area contributed by atoms with Gasteiger partial charge in [-0.15, -0.1) is 24.0 Å². The molecule has 1 N–H and O–H groups in total. The first kappa shape index (κ1) is 24.5. The number of piperazine rings is 1. The molecule has 4 rings (SSSR count). The molecular formula is C23H33IN6O2. The lowest BCUT2D eigenvalue weighted by molar-refractivity contribution is -0.131. The second-order valence-corrected chi connectivity index (χ2v) is 8.11. The van der Waals surface area contributed by atoms with Crippen molar-refractivity contribution in [3.05, 3.63) is 53.4 Å². The van der Waals surface area contributed by atoms with Crippen LogP contribution in [0.4, 0.5) is 0 Å². The molecule has 0 radical (unpaired) electrons. The smallest absolute Gasteiger partial charge is 0.223 e. The third kappa shape index (κ3) is 6.44. The lowest BCUT2D eigenvalue weighted by atomic mass is 10.1. The third-order valence-electron chi connectivity index (χ3n) is 5.89. The minimum atomic E-state index is 0. The van der Waals surface area contributed by atoms with Crippen molar-refractivity contribution >= 4 is 35.8 Å². The number of guanidine groups is 1. The summed E-state index contributed by atoms with van der Waals surface area (Å²) in [5.74, 6) is 1.17. The molecule has 1 saturated heterocycles. The molecule has 0 atom stereocenters. The van der Waals surface area contributed by atoms with Crippen molar-refractivity contribution < 1.29 is 9.32 Å². The standard InChI is InChI=1S/C23H32N6O2.HI/c1-2-24-23(28-13-11-27(12-14-28)18-21-9-15-31-26-21)25-10-5-8-22(30)29-16-19-6-3-4-7-20(19)17-29;/h3-4,6-7,9,15H,2,5,8,10-14,16-18H2,1H3,(H,24,25);1H. The maximum Gasteiger partial charge on any atom is 0.223 e. The van der Waals surface area contributed by atoms with Crippen molar-refractivity contribution in [3.8, 4) is 0 Å². The normalized spacial score (nSPS) is 16.6. The Hall–Kier alpha value is -2.14. The lowest BCUT2D eigenvalue weighted by Gasteiger charge is -2.36. The first-order valence-electron chi connectivity index (χ1n) is 11.2. The van der Waals surface area contributed by atoms with E-state index in [1.807, 2.05) is 23.1 Å². The third-order valence-corrected chi connectivity index (χ3v) is 5.89. The molecule has 0 unspecified atom stereocenters. The Morgan fingerprint density at radius 3 is 2.44 bits per heavy atom. The minimum absolute atomic E-state index is 0. The van der Waals surface area contributed by atoms with Crippen molar-refractivity contribution in [1.29, 1.82) is 0 Å². The van der Waals surface area contributed by atoms with Crippen LogP contribution in [0.15, 0.2) is 46.1 Å². The monoisotopic (exact) mass is 552 g/mol. The number of aliphatic imine (C=N–C) groups is 1. The number of nitrogens with zero attached hydrogens (tertiary/aromatic N) is 5. The highest BCUT2D eigenvalue weighted by molar-refractivity contribution is 14.0. The van der Waals surface area contributed by atoms with E-state index in [4.69, 9.17) is 9.52 Å². The second kappa shape index (κ2) is 12.2. The van der Waals surface area contributed by atoms with Gasteiger partial charge >= 0.3 is 0 Å². The van der Waals surface area contributed by atoms with Crippen LogP contribution in [0.5, 0.6) is 0 Å². The first-order valence-corrected chi connectivity index (χ1v) is 11.2. The van der Waals surface area contributed by atoms with Crippen molar-refractivity contribution in [2.75, 3.05) is 39.3 Å². The van der Waals surface area contributed by atoms with Crippen molar-refractivity contribution in [1.82, 2.24) is 25.2 Å². The zero-order valence-electron chi connectivity index (χ0n) is 18.7. The van der Waals surface area contributed by atoms with Gasteiger partial charge in [-0.05, 0) is 24.5 Å². The molecule has 0 spiro atoms. The zero-order chi connectivity index (χ0) is 21.5. The summed E-state index contributed by atoms with van der Waals surface area (Å²) in [4.78, 5) is 24.0. The number of hydrogen-bond donors (Lipinski definition) is 1. The first-order chi connectivity index (χ1) is 15.2. The molecule has 0 bridgehead atoms. The number of aromatic nitrogens is 1. The van der Waals surface area contributed by atoms with E-state index in [0.717, 1.165) is 70.4 Å². The van der Waals surface area contributed by atoms with Gasteiger partial charge in [-0.2, -0.15) is 0 Å². The maximum absolute atomic E-state index is 12.6. The topological polar surface area (TPSA) is 77.2 Å². The number of fused-ring (bicyclic) bond motifs is 1. The second-order valence-electron chi connectivity index (χ2n) is 8.11. The summed E-state index contributed by atoms with van der Waals surface area (Å²) in [6.07, 6.45) is 2.93. The van der Waals surface area contributed by atoms with Crippen molar-refractivity contribution in [3.63, 3.8) is 0 Å². The summed E-state index contributed by atoms with van der Waals surface area (Å²) in [6, 6.07) is 10.2. The molecule has 8 nitrogen and oxygen atoms in total. The Morgan fingerprint density at radius 1 is 1.09 bits per heavy atom. The van der Waals surface area contributed by atoms with Crippen LogP contribution in [0.3, 0.4) is 0 Å². The van der Waals surface area contributed by atoms with Gasteiger partial charge < -0.3 is 19.6 Å². The molecule has 1 aromatic heterocycles. The molecule has 3 heterocycles. The van der Waals surface area contributed by atoms with E-state index in [-0.39, 0.29) is 29.9 Å². The Morgan fingerprint density at radius 2 is 1.81 bits per heavy atom. The molecule has 0 aliphatic carbocycles. The maximum atomic E-state index is 12.6. The molecule has 0 saturated carbocycles. The molecule has 174 valence electrons. The molecule has 1 amide bonds. The van der Waals surface area contributed by atoms with Gasteiger partial charge in [-0.25, -0.2) is 0 Å². The minimum Gasteiger partial charge on any atom is -0.364 e. The van der Waals surface area contributed by atoms with Crippen LogP contribution in [-0.4, -0.2) is 71.0 Å². The fourth-order valence-electron chi connectivity index (χ4n) is 4.17. The van der Waals surface area contributed by atoms with Crippen molar-refractivity contribution in [2.45, 2.75) is 39.4 Å². The average molecular weight is 552 g/mol. The molecule has 1 aromatic carbocycles. The SMILES string of the molecule is CCNC(=NCCCC(=O)N1Cc2ccccc2C1)N1CCN(Cc2ccon2)CC1.I. The highest BCUT2D eigenvalue weighted by Gasteiger charge is 2.23. The van der Waals surface area contributed by atoms with Gasteiger partial charge in [0.2, 0.25) is 5.91 Å². The predicted octanol–water partition coefficient (Wildman–Crippen LogP) is 2.70. The van der Waals surface area contributed by atoms with E-state index in [1.165, 1.54) is 11.1 Å². The van der Waals surface area contributed by atoms with Gasteiger partial charge in [0.15, 0.2) is 5.96 Å². The van der Waals surface area contributed by atoms with E-state index in [1.54, 1.807) is 6.26 Å². The van der Waals surface area contributed by atoms with Gasteiger partial charge in [0, 0.05) is 71.4 Å². The van der Waals surface area contributed by atoms with Gasteiger partial charge in [0.25, 0.3) is 0 Å². The summed E-state index contributed by atoms with van der Waals surface area (Å²) >= 11 is 0. The number of carbonyl (C=O) groups is 1. The fraction of sp³-hybridized carbons (Fsp3) is 0.522. The van der Waals surface area contributed by atoms with Gasteiger partial charge in [-0.3, -0.25) is 14.7 Å². The Balaban J connectivity index is 0.00000289. The molecule has 32 heavy (non-hydrogen) atoms. The van der Waals surface area contributed by atoms with Gasteiger partial charge in [0.05, 0.1) is 5.69 Å². The number of rotatable bonds is 7. The molecule has 2 aliphatic rings. The summed E-state index contributed by atoms with van der Waals surface area (Å²) < 4.78 is 4.92. The van der Waals surface area contributed by atoms with Crippen LogP contribution in [-0.2, 0) is 24.4 Å². The van der Waals surface area contributed by atoms with Crippen LogP contribution in [0.1, 0.15) is 36.6 Å². The van der Waals surface area contributed by atoms with Crippen LogP contribution in [0.25, 0.3) is 0 Å². The van der Waals surface area contributed by atoms with Crippen LogP contribution in [0, 0.1) is 0 Å². The quantitative estimate of drug-likeness (QED) is 0.247. The molecule has 2 aliphatic heterocycles. The summed E-state index contributed by atoms with van der Waals surface area (Å²) in [7, 11) is 0. The van der Waals surface area contributed by atoms with E-state index in [9.17, 15) is 4.79 Å². The zero-order valence-corrected chi connectivity index (χ0v) is 21.0. The molecule has 2 aromatic rings. The van der Waals surface area contributed by atoms with Crippen molar-refractivity contribution in [2.24, 2.45) is 4.99 Å². The van der Waals surface area contributed by atoms with E-state index < -0.39 is 0 Å². The largest absolute Gasteiger partial charge is 0.364 e. The lowest BCUT2D eigenvalue weighted by Crippen LogP contribution is -2.52. The number of nitrogens with one attached hydrogen (secondary N) is 1. The van der Waals surface area contributed by atoms with Gasteiger partial charge in [-0.1, -0.05) is 29.4 Å². The fourth-order valence-corrected chi connectivity index (χ4v) is 4.17. The predicted molar refractivity (Wildman–Crippen MR) is 135 cm³/mol. The van der Waals surface area contributed by atoms with Crippen LogP contribution in [0.2, 0.25) is 0 Å². The van der Waals surface area contributed by atoms with Crippen LogP contribution >= 0.6 is 24.0 Å². The number of benzene rings is 1. The Kier molecular flexibility index (Phi) is 9.34. The number of halogens is 1. The highest BCUT2D eigenvalue weighted by Crippen LogP contribution is 2.22. The summed E-state index contributed by atoms with van der Waals surface area (Å²) in [5.41, 5.74) is 3.51. The molecule has 1 fully saturated rings. The Labute approximate surface area is 207 Å². The summed E-state index contributed by atoms with van der Waals surface area (Å²) in [5, 5.41) is 7.40. The number of amides is 1. The van der Waals surface area contributed by atoms with Crippen LogP contribution < -0.4 is 5.32 Å². The van der Waals surface area contributed by atoms with E-state index in [0.29, 0.717) is 13.0 Å². The Bertz CT molecular complexity index is 855. The molecular weight excluding hydrogens is 519 g/mol. The summed E-state index contributed by atoms with van der Waals surface area (Å²) in [6.45, 7) is 9.65. The van der Waals surface area contributed by atoms with E-state index in [2.05, 4.69) is 39.3 Å². The highest BCUT2D eigenvalue weighted by atomic mass is 127. The molecule has 9 heteroatoms. The van der Waals surface area contributed by atoms with E-state index >= 15 is 0 Å². The average Bonchev–Trinajstić information content (AvgIpc) is 3.46.